The summed E-state index contributed by atoms with van der Waals surface area (Å²) in [5, 5.41) is 4.63. The van der Waals surface area contributed by atoms with Crippen LogP contribution >= 0.6 is 0 Å². The molecule has 4 aromatic carbocycles. The molecule has 6 rings (SSSR count). The Morgan fingerprint density at radius 1 is 0.921 bits per heavy atom. The fraction of sp³-hybridized carbons (Fsp3) is 0.303. The maximum absolute atomic E-state index is 13.0. The highest BCUT2D eigenvalue weighted by Crippen LogP contribution is 2.39. The number of benzene rings is 4. The van der Waals surface area contributed by atoms with Crippen molar-refractivity contribution in [1.29, 1.82) is 0 Å². The number of fused-ring (bicyclic) bond motifs is 4. The second-order valence-electron chi connectivity index (χ2n) is 11.2. The number of amides is 1. The highest BCUT2D eigenvalue weighted by Gasteiger charge is 2.36. The average Bonchev–Trinajstić information content (AvgIpc) is 3.30. The summed E-state index contributed by atoms with van der Waals surface area (Å²) in [6.07, 6.45) is 0.261. The SMILES string of the molecule is CC(C)(C)OC(=O)N1CCC(c2cccc3c2oc2ccccc23)C(OCc2ccc3ccccc3c2)C1. The van der Waals surface area contributed by atoms with E-state index in [1.807, 2.05) is 39.0 Å². The first kappa shape index (κ1) is 24.5. The molecule has 1 aliphatic heterocycles. The summed E-state index contributed by atoms with van der Waals surface area (Å²) in [6.45, 7) is 7.22. The zero-order valence-corrected chi connectivity index (χ0v) is 22.1. The number of carbonyl (C=O) groups is 1. The number of likely N-dealkylation sites (tertiary alicyclic amines) is 1. The molecule has 38 heavy (non-hydrogen) atoms. The van der Waals surface area contributed by atoms with Crippen LogP contribution in [0, 0.1) is 0 Å². The van der Waals surface area contributed by atoms with Crippen LogP contribution in [0.25, 0.3) is 32.7 Å². The topological polar surface area (TPSA) is 51.9 Å². The van der Waals surface area contributed by atoms with Gasteiger partial charge in [-0.15, -0.1) is 0 Å². The molecule has 1 saturated heterocycles. The molecule has 1 aliphatic rings. The first-order valence-electron chi connectivity index (χ1n) is 13.3. The van der Waals surface area contributed by atoms with Crippen molar-refractivity contribution in [3.63, 3.8) is 0 Å². The van der Waals surface area contributed by atoms with Gasteiger partial charge in [0, 0.05) is 28.8 Å². The molecule has 1 fully saturated rings. The van der Waals surface area contributed by atoms with Crippen molar-refractivity contribution in [3.05, 3.63) is 96.1 Å². The Kier molecular flexibility index (Phi) is 6.32. The van der Waals surface area contributed by atoms with Crippen LogP contribution in [0.3, 0.4) is 0 Å². The van der Waals surface area contributed by atoms with E-state index in [-0.39, 0.29) is 18.1 Å². The highest BCUT2D eigenvalue weighted by molar-refractivity contribution is 6.05. The molecule has 2 heterocycles. The zero-order chi connectivity index (χ0) is 26.3. The maximum Gasteiger partial charge on any atom is 0.410 e. The molecule has 0 bridgehead atoms. The lowest BCUT2D eigenvalue weighted by molar-refractivity contribution is -0.0358. The Labute approximate surface area is 222 Å². The molecule has 0 saturated carbocycles. The minimum atomic E-state index is -0.546. The van der Waals surface area contributed by atoms with Crippen LogP contribution in [-0.2, 0) is 16.1 Å². The third kappa shape index (κ3) is 4.86. The minimum Gasteiger partial charge on any atom is -0.456 e. The van der Waals surface area contributed by atoms with E-state index in [1.54, 1.807) is 4.90 Å². The monoisotopic (exact) mass is 507 g/mol. The van der Waals surface area contributed by atoms with Gasteiger partial charge in [0.25, 0.3) is 0 Å². The third-order valence-corrected chi connectivity index (χ3v) is 7.32. The Balaban J connectivity index is 1.32. The van der Waals surface area contributed by atoms with Crippen LogP contribution in [0.2, 0.25) is 0 Å². The van der Waals surface area contributed by atoms with Gasteiger partial charge in [0.05, 0.1) is 19.3 Å². The van der Waals surface area contributed by atoms with Crippen molar-refractivity contribution in [2.75, 3.05) is 13.1 Å². The second kappa shape index (κ2) is 9.80. The normalized spacial score (nSPS) is 18.3. The van der Waals surface area contributed by atoms with E-state index in [2.05, 4.69) is 66.7 Å². The molecule has 1 amide bonds. The lowest BCUT2D eigenvalue weighted by Gasteiger charge is -2.39. The van der Waals surface area contributed by atoms with Gasteiger partial charge in [0.1, 0.15) is 16.8 Å². The molecule has 1 aromatic heterocycles. The summed E-state index contributed by atoms with van der Waals surface area (Å²) in [5.41, 5.74) is 3.48. The Bertz CT molecular complexity index is 1610. The Morgan fingerprint density at radius 3 is 2.53 bits per heavy atom. The van der Waals surface area contributed by atoms with Crippen molar-refractivity contribution < 1.29 is 18.7 Å². The average molecular weight is 508 g/mol. The van der Waals surface area contributed by atoms with Crippen LogP contribution in [0.15, 0.2) is 89.3 Å². The molecule has 5 aromatic rings. The molecule has 0 aliphatic carbocycles. The van der Waals surface area contributed by atoms with Crippen LogP contribution in [-0.4, -0.2) is 35.8 Å². The number of hydrogen-bond donors (Lipinski definition) is 0. The predicted octanol–water partition coefficient (Wildman–Crippen LogP) is 8.05. The van der Waals surface area contributed by atoms with E-state index in [0.717, 1.165) is 39.5 Å². The Hall–Kier alpha value is -3.83. The van der Waals surface area contributed by atoms with E-state index in [1.165, 1.54) is 10.8 Å². The molecule has 0 N–H and O–H groups in total. The number of piperidine rings is 1. The molecule has 5 heteroatoms. The number of furan rings is 1. The fourth-order valence-electron chi connectivity index (χ4n) is 5.53. The summed E-state index contributed by atoms with van der Waals surface area (Å²) in [7, 11) is 0. The smallest absolute Gasteiger partial charge is 0.410 e. The van der Waals surface area contributed by atoms with Gasteiger partial charge in [0.2, 0.25) is 0 Å². The van der Waals surface area contributed by atoms with Crippen LogP contribution in [0.4, 0.5) is 4.79 Å². The van der Waals surface area contributed by atoms with Crippen molar-refractivity contribution in [1.82, 2.24) is 4.90 Å². The number of rotatable bonds is 4. The number of hydrogen-bond acceptors (Lipinski definition) is 4. The quantitative estimate of drug-likeness (QED) is 0.247. The van der Waals surface area contributed by atoms with Gasteiger partial charge in [-0.05, 0) is 55.7 Å². The summed E-state index contributed by atoms with van der Waals surface area (Å²) in [4.78, 5) is 14.8. The lowest BCUT2D eigenvalue weighted by atomic mass is 9.86. The van der Waals surface area contributed by atoms with Crippen LogP contribution in [0.5, 0.6) is 0 Å². The fourth-order valence-corrected chi connectivity index (χ4v) is 5.53. The van der Waals surface area contributed by atoms with E-state index in [0.29, 0.717) is 19.7 Å². The maximum atomic E-state index is 13.0. The molecule has 0 spiro atoms. The Morgan fingerprint density at radius 2 is 1.68 bits per heavy atom. The van der Waals surface area contributed by atoms with E-state index in [4.69, 9.17) is 13.9 Å². The number of para-hydroxylation sites is 2. The molecule has 0 radical (unpaired) electrons. The van der Waals surface area contributed by atoms with E-state index < -0.39 is 5.60 Å². The molecule has 2 atom stereocenters. The van der Waals surface area contributed by atoms with Crippen molar-refractivity contribution in [2.24, 2.45) is 0 Å². The van der Waals surface area contributed by atoms with Gasteiger partial charge < -0.3 is 18.8 Å². The van der Waals surface area contributed by atoms with E-state index >= 15 is 0 Å². The molecular formula is C33H33NO4. The molecular weight excluding hydrogens is 474 g/mol. The summed E-state index contributed by atoms with van der Waals surface area (Å²) >= 11 is 0. The molecule has 194 valence electrons. The molecule has 2 unspecified atom stereocenters. The van der Waals surface area contributed by atoms with Gasteiger partial charge in [0.15, 0.2) is 0 Å². The lowest BCUT2D eigenvalue weighted by Crippen LogP contribution is -2.48. The van der Waals surface area contributed by atoms with Gasteiger partial charge in [-0.3, -0.25) is 0 Å². The molecule has 5 nitrogen and oxygen atoms in total. The first-order valence-corrected chi connectivity index (χ1v) is 13.3. The summed E-state index contributed by atoms with van der Waals surface area (Å²) in [6, 6.07) is 29.3. The number of ether oxygens (including phenoxy) is 2. The second-order valence-corrected chi connectivity index (χ2v) is 11.2. The van der Waals surface area contributed by atoms with E-state index in [9.17, 15) is 4.79 Å². The standard InChI is InChI=1S/C33H33NO4/c1-33(2,3)38-32(35)34-18-17-26(28-13-8-12-27-25-11-6-7-14-29(25)37-31(27)28)30(20-34)36-21-22-15-16-23-9-4-5-10-24(23)19-22/h4-16,19,26,30H,17-18,20-21H2,1-3H3. The third-order valence-electron chi connectivity index (χ3n) is 7.32. The summed E-state index contributed by atoms with van der Waals surface area (Å²) < 4.78 is 18.7. The van der Waals surface area contributed by atoms with Crippen molar-refractivity contribution in [3.8, 4) is 0 Å². The zero-order valence-electron chi connectivity index (χ0n) is 22.1. The highest BCUT2D eigenvalue weighted by atomic mass is 16.6. The van der Waals surface area contributed by atoms with Crippen molar-refractivity contribution >= 4 is 38.8 Å². The van der Waals surface area contributed by atoms with Gasteiger partial charge in [-0.25, -0.2) is 4.79 Å². The minimum absolute atomic E-state index is 0.0819. The van der Waals surface area contributed by atoms with Crippen molar-refractivity contribution in [2.45, 2.75) is 51.4 Å². The van der Waals surface area contributed by atoms with Gasteiger partial charge >= 0.3 is 6.09 Å². The largest absolute Gasteiger partial charge is 0.456 e. The first-order chi connectivity index (χ1) is 18.4. The predicted molar refractivity (Wildman–Crippen MR) is 151 cm³/mol. The number of nitrogens with zero attached hydrogens (tertiary/aromatic N) is 1. The van der Waals surface area contributed by atoms with Gasteiger partial charge in [-0.2, -0.15) is 0 Å². The summed E-state index contributed by atoms with van der Waals surface area (Å²) in [5.74, 6) is 0.0819. The van der Waals surface area contributed by atoms with Crippen LogP contribution in [0.1, 0.15) is 44.2 Å². The number of carbonyl (C=O) groups excluding carboxylic acids is 1. The van der Waals surface area contributed by atoms with Gasteiger partial charge in [-0.1, -0.05) is 72.8 Å². The van der Waals surface area contributed by atoms with Crippen LogP contribution < -0.4 is 0 Å².